The number of morpholine rings is 1. The van der Waals surface area contributed by atoms with Crippen molar-refractivity contribution in [3.05, 3.63) is 30.1 Å². The van der Waals surface area contributed by atoms with Crippen LogP contribution in [0.2, 0.25) is 0 Å². The fourth-order valence-electron chi connectivity index (χ4n) is 2.75. The van der Waals surface area contributed by atoms with E-state index in [1.54, 1.807) is 12.1 Å². The molecule has 0 radical (unpaired) electrons. The monoisotopic (exact) mass is 494 g/mol. The normalized spacial score (nSPS) is 17.6. The average Bonchev–Trinajstić information content (AvgIpc) is 2.64. The lowest BCUT2D eigenvalue weighted by Crippen LogP contribution is -2.45. The van der Waals surface area contributed by atoms with Gasteiger partial charge in [-0.25, -0.2) is 4.39 Å². The minimum Gasteiger partial charge on any atom is -0.489 e. The van der Waals surface area contributed by atoms with Crippen LogP contribution in [0.25, 0.3) is 0 Å². The van der Waals surface area contributed by atoms with Crippen LogP contribution in [0.3, 0.4) is 0 Å². The van der Waals surface area contributed by atoms with Crippen LogP contribution in [-0.2, 0) is 4.74 Å². The lowest BCUT2D eigenvalue weighted by molar-refractivity contribution is 0.0220. The molecule has 154 valence electrons. The lowest BCUT2D eigenvalue weighted by atomic mass is 10.2. The summed E-state index contributed by atoms with van der Waals surface area (Å²) >= 11 is 0. The Hall–Kier alpha value is -1.13. The van der Waals surface area contributed by atoms with Crippen molar-refractivity contribution in [1.82, 2.24) is 15.5 Å². The zero-order valence-electron chi connectivity index (χ0n) is 16.4. The van der Waals surface area contributed by atoms with E-state index in [9.17, 15) is 4.39 Å². The van der Waals surface area contributed by atoms with Crippen LogP contribution in [0.1, 0.15) is 20.8 Å². The standard InChI is InChI=1S/C19H31FN4O2.HI/c1-4-21-19(22-13-15(2)24-8-10-25-11-9-24)23-14-16(3)26-18-7-5-6-17(20)12-18;/h5-7,12,15-16H,4,8-11,13-14H2,1-3H3,(H2,21,22,23);1H. The zero-order valence-corrected chi connectivity index (χ0v) is 18.7. The summed E-state index contributed by atoms with van der Waals surface area (Å²) in [6, 6.07) is 6.56. The van der Waals surface area contributed by atoms with Crippen LogP contribution in [0, 0.1) is 5.82 Å². The molecule has 0 bridgehead atoms. The molecule has 0 amide bonds. The SMILES string of the molecule is CCNC(=NCC(C)N1CCOCC1)NCC(C)Oc1cccc(F)c1.I. The lowest BCUT2D eigenvalue weighted by Gasteiger charge is -2.31. The first-order valence-corrected chi connectivity index (χ1v) is 9.34. The fourth-order valence-corrected chi connectivity index (χ4v) is 2.75. The van der Waals surface area contributed by atoms with Crippen molar-refractivity contribution in [3.63, 3.8) is 0 Å². The van der Waals surface area contributed by atoms with Gasteiger partial charge in [-0.3, -0.25) is 9.89 Å². The maximum atomic E-state index is 13.2. The third-order valence-corrected chi connectivity index (χ3v) is 4.22. The van der Waals surface area contributed by atoms with Gasteiger partial charge in [-0.15, -0.1) is 24.0 Å². The number of nitrogens with one attached hydrogen (secondary N) is 2. The van der Waals surface area contributed by atoms with Gasteiger partial charge in [0.05, 0.1) is 26.3 Å². The van der Waals surface area contributed by atoms with Gasteiger partial charge < -0.3 is 20.1 Å². The number of guanidine groups is 1. The van der Waals surface area contributed by atoms with Gasteiger partial charge in [-0.2, -0.15) is 0 Å². The second-order valence-electron chi connectivity index (χ2n) is 6.48. The van der Waals surface area contributed by atoms with Crippen molar-refractivity contribution in [1.29, 1.82) is 0 Å². The summed E-state index contributed by atoms with van der Waals surface area (Å²) in [6.07, 6.45) is -0.114. The van der Waals surface area contributed by atoms with Crippen LogP contribution in [0.15, 0.2) is 29.3 Å². The largest absolute Gasteiger partial charge is 0.489 e. The fraction of sp³-hybridized carbons (Fsp3) is 0.632. The van der Waals surface area contributed by atoms with Crippen molar-refractivity contribution in [3.8, 4) is 5.75 Å². The molecule has 27 heavy (non-hydrogen) atoms. The van der Waals surface area contributed by atoms with Crippen LogP contribution in [0.5, 0.6) is 5.75 Å². The molecule has 0 aliphatic carbocycles. The Labute approximate surface area is 178 Å². The molecule has 2 unspecified atom stereocenters. The van der Waals surface area contributed by atoms with E-state index in [2.05, 4.69) is 27.4 Å². The number of rotatable bonds is 8. The van der Waals surface area contributed by atoms with Crippen molar-refractivity contribution in [2.75, 3.05) is 45.9 Å². The first-order chi connectivity index (χ1) is 12.6. The molecule has 2 atom stereocenters. The predicted molar refractivity (Wildman–Crippen MR) is 118 cm³/mol. The zero-order chi connectivity index (χ0) is 18.8. The molecule has 0 saturated carbocycles. The van der Waals surface area contributed by atoms with Gasteiger partial charge in [-0.1, -0.05) is 6.07 Å². The Morgan fingerprint density at radius 3 is 2.70 bits per heavy atom. The van der Waals surface area contributed by atoms with Crippen LogP contribution in [-0.4, -0.2) is 68.9 Å². The molecule has 1 aliphatic rings. The minimum absolute atomic E-state index is 0. The Kier molecular flexibility index (Phi) is 11.6. The molecule has 1 aromatic carbocycles. The molecule has 2 N–H and O–H groups in total. The third-order valence-electron chi connectivity index (χ3n) is 4.22. The molecule has 6 nitrogen and oxygen atoms in total. The van der Waals surface area contributed by atoms with Crippen molar-refractivity contribution in [2.24, 2.45) is 4.99 Å². The Morgan fingerprint density at radius 2 is 2.04 bits per heavy atom. The third kappa shape index (κ3) is 9.07. The summed E-state index contributed by atoms with van der Waals surface area (Å²) in [4.78, 5) is 7.07. The van der Waals surface area contributed by atoms with Gasteiger partial charge in [0.1, 0.15) is 17.7 Å². The molecule has 0 spiro atoms. The summed E-state index contributed by atoms with van der Waals surface area (Å²) in [5.74, 6) is 0.999. The number of aliphatic imine (C=N–C) groups is 1. The molecular weight excluding hydrogens is 462 g/mol. The molecule has 1 aromatic rings. The summed E-state index contributed by atoms with van der Waals surface area (Å²) in [6.45, 7) is 11.8. The van der Waals surface area contributed by atoms with E-state index < -0.39 is 0 Å². The highest BCUT2D eigenvalue weighted by Crippen LogP contribution is 2.13. The van der Waals surface area contributed by atoms with Crippen LogP contribution in [0.4, 0.5) is 4.39 Å². The Balaban J connectivity index is 0.00000364. The molecule has 1 fully saturated rings. The number of hydrogen-bond acceptors (Lipinski definition) is 4. The number of hydrogen-bond donors (Lipinski definition) is 2. The molecule has 1 aliphatic heterocycles. The quantitative estimate of drug-likeness (QED) is 0.331. The van der Waals surface area contributed by atoms with Crippen molar-refractivity contribution in [2.45, 2.75) is 32.9 Å². The van der Waals surface area contributed by atoms with Crippen LogP contribution >= 0.6 is 24.0 Å². The first kappa shape index (κ1) is 23.9. The number of benzene rings is 1. The maximum absolute atomic E-state index is 13.2. The van der Waals surface area contributed by atoms with E-state index in [0.29, 0.717) is 24.9 Å². The first-order valence-electron chi connectivity index (χ1n) is 9.34. The highest BCUT2D eigenvalue weighted by Gasteiger charge is 2.16. The summed E-state index contributed by atoms with van der Waals surface area (Å²) < 4.78 is 24.4. The van der Waals surface area contributed by atoms with Gasteiger partial charge in [0.25, 0.3) is 0 Å². The molecular formula is C19H32FIN4O2. The van der Waals surface area contributed by atoms with Gasteiger partial charge in [-0.05, 0) is 32.9 Å². The maximum Gasteiger partial charge on any atom is 0.191 e. The molecule has 1 heterocycles. The number of halogens is 2. The Bertz CT molecular complexity index is 570. The topological polar surface area (TPSA) is 58.1 Å². The van der Waals surface area contributed by atoms with E-state index in [1.165, 1.54) is 12.1 Å². The highest BCUT2D eigenvalue weighted by molar-refractivity contribution is 14.0. The van der Waals surface area contributed by atoms with Crippen LogP contribution < -0.4 is 15.4 Å². The second-order valence-corrected chi connectivity index (χ2v) is 6.48. The minimum atomic E-state index is -0.297. The average molecular weight is 494 g/mol. The number of nitrogens with zero attached hydrogens (tertiary/aromatic N) is 2. The van der Waals surface area contributed by atoms with Crippen molar-refractivity contribution >= 4 is 29.9 Å². The van der Waals surface area contributed by atoms with E-state index in [4.69, 9.17) is 9.47 Å². The van der Waals surface area contributed by atoms with E-state index in [1.807, 2.05) is 13.8 Å². The van der Waals surface area contributed by atoms with E-state index in [0.717, 1.165) is 38.8 Å². The highest BCUT2D eigenvalue weighted by atomic mass is 127. The molecule has 1 saturated heterocycles. The van der Waals surface area contributed by atoms with Gasteiger partial charge in [0.15, 0.2) is 5.96 Å². The van der Waals surface area contributed by atoms with Gasteiger partial charge >= 0.3 is 0 Å². The van der Waals surface area contributed by atoms with Gasteiger partial charge in [0, 0.05) is 31.7 Å². The van der Waals surface area contributed by atoms with Crippen molar-refractivity contribution < 1.29 is 13.9 Å². The summed E-state index contributed by atoms with van der Waals surface area (Å²) in [5.41, 5.74) is 0. The summed E-state index contributed by atoms with van der Waals surface area (Å²) in [7, 11) is 0. The molecule has 0 aromatic heterocycles. The number of ether oxygens (including phenoxy) is 2. The summed E-state index contributed by atoms with van der Waals surface area (Å²) in [5, 5.41) is 6.54. The molecule has 8 heteroatoms. The van der Waals surface area contributed by atoms with Gasteiger partial charge in [0.2, 0.25) is 0 Å². The predicted octanol–water partition coefficient (Wildman–Crippen LogP) is 2.49. The van der Waals surface area contributed by atoms with E-state index >= 15 is 0 Å². The smallest absolute Gasteiger partial charge is 0.191 e. The molecule has 2 rings (SSSR count). The Morgan fingerprint density at radius 1 is 1.30 bits per heavy atom. The van der Waals surface area contributed by atoms with E-state index in [-0.39, 0.29) is 35.9 Å². The second kappa shape index (κ2) is 13.1.